The molecule has 0 unspecified atom stereocenters. The van der Waals surface area contributed by atoms with Crippen molar-refractivity contribution < 1.29 is 49.0 Å². The molecule has 2 saturated heterocycles. The number of carboxylic acid groups (broad SMARTS) is 1. The molecule has 2 heterocycles. The fourth-order valence-electron chi connectivity index (χ4n) is 1.62. The number of fused-ring (bicyclic) bond motifs is 1. The topological polar surface area (TPSA) is 69.7 Å². The smallest absolute Gasteiger partial charge is 0.547 e. The molecular weight excluding hydrogens is 197 g/mol. The zero-order chi connectivity index (χ0) is 9.59. The first-order chi connectivity index (χ1) is 6.15. The van der Waals surface area contributed by atoms with Crippen molar-refractivity contribution in [3.05, 3.63) is 11.8 Å². The summed E-state index contributed by atoms with van der Waals surface area (Å²) in [6, 6.07) is -1.02. The van der Waals surface area contributed by atoms with E-state index in [9.17, 15) is 14.7 Å². The minimum atomic E-state index is -1.29. The van der Waals surface area contributed by atoms with Crippen molar-refractivity contribution in [1.82, 2.24) is 4.90 Å². The molecule has 5 nitrogen and oxygen atoms in total. The average molecular weight is 205 g/mol. The Morgan fingerprint density at radius 2 is 2.36 bits per heavy atom. The fraction of sp³-hybridized carbons (Fsp3) is 0.500. The van der Waals surface area contributed by atoms with E-state index < -0.39 is 12.0 Å². The number of hydrogen-bond acceptors (Lipinski definition) is 4. The van der Waals surface area contributed by atoms with Gasteiger partial charge in [-0.2, -0.15) is 0 Å². The Morgan fingerprint density at radius 3 is 2.79 bits per heavy atom. The second-order valence-corrected chi connectivity index (χ2v) is 2.99. The van der Waals surface area contributed by atoms with Gasteiger partial charge >= 0.3 is 29.6 Å². The predicted molar refractivity (Wildman–Crippen MR) is 38.9 cm³/mol. The molecule has 0 saturated carbocycles. The van der Waals surface area contributed by atoms with Gasteiger partial charge in [-0.25, -0.2) is 0 Å². The van der Waals surface area contributed by atoms with E-state index in [4.69, 9.17) is 4.74 Å². The number of rotatable bonds is 1. The summed E-state index contributed by atoms with van der Waals surface area (Å²) in [5.74, 6) is -1.18. The minimum absolute atomic E-state index is 0. The molecule has 0 aromatic carbocycles. The number of nitrogens with zero attached hydrogens (tertiary/aromatic N) is 1. The maximum Gasteiger partial charge on any atom is 1.00 e. The number of carboxylic acids is 1. The van der Waals surface area contributed by atoms with Crippen LogP contribution in [0, 0.1) is 0 Å². The normalized spacial score (nSPS) is 31.6. The number of amides is 1. The van der Waals surface area contributed by atoms with Gasteiger partial charge in [-0.1, -0.05) is 0 Å². The second kappa shape index (κ2) is 3.92. The fourth-order valence-corrected chi connectivity index (χ4v) is 1.62. The standard InChI is InChI=1S/C8H9NO4.Na/c1-2-4-7(8(11)12)9-5(10)3-6(9)13-4;/h2,6-7H,3H2,1H3,(H,11,12);/q;+1/p-1/b4-2-;/t6-,7-;/m1./s1. The van der Waals surface area contributed by atoms with Gasteiger partial charge in [0.25, 0.3) is 0 Å². The van der Waals surface area contributed by atoms with Crippen LogP contribution in [0.25, 0.3) is 0 Å². The predicted octanol–water partition coefficient (Wildman–Crippen LogP) is -4.40. The quantitative estimate of drug-likeness (QED) is 0.320. The summed E-state index contributed by atoms with van der Waals surface area (Å²) in [5.41, 5.74) is 0. The van der Waals surface area contributed by atoms with E-state index in [-0.39, 0.29) is 48.1 Å². The van der Waals surface area contributed by atoms with E-state index >= 15 is 0 Å². The van der Waals surface area contributed by atoms with Gasteiger partial charge in [0.05, 0.1) is 12.4 Å². The van der Waals surface area contributed by atoms with Crippen LogP contribution in [-0.4, -0.2) is 29.0 Å². The van der Waals surface area contributed by atoms with Crippen LogP contribution in [0.15, 0.2) is 11.8 Å². The number of hydrogen-bond donors (Lipinski definition) is 0. The Kier molecular flexibility index (Phi) is 3.24. The summed E-state index contributed by atoms with van der Waals surface area (Å²) < 4.78 is 5.20. The molecule has 0 aromatic heterocycles. The van der Waals surface area contributed by atoms with Crippen molar-refractivity contribution in [2.75, 3.05) is 0 Å². The summed E-state index contributed by atoms with van der Waals surface area (Å²) in [6.45, 7) is 1.67. The van der Waals surface area contributed by atoms with Crippen LogP contribution in [0.2, 0.25) is 0 Å². The summed E-state index contributed by atoms with van der Waals surface area (Å²) >= 11 is 0. The maximum atomic E-state index is 11.0. The molecule has 0 radical (unpaired) electrons. The van der Waals surface area contributed by atoms with Crippen molar-refractivity contribution in [1.29, 1.82) is 0 Å². The van der Waals surface area contributed by atoms with E-state index in [1.54, 1.807) is 13.0 Å². The molecule has 0 aromatic rings. The molecule has 14 heavy (non-hydrogen) atoms. The molecule has 2 fully saturated rings. The molecule has 2 rings (SSSR count). The van der Waals surface area contributed by atoms with Crippen LogP contribution >= 0.6 is 0 Å². The SMILES string of the molecule is C/C=C1\O[C@@H]2CC(=O)N2[C@H]1C(=O)[O-].[Na+]. The third kappa shape index (κ3) is 1.45. The molecular formula is C8H8NNaO4. The van der Waals surface area contributed by atoms with E-state index in [1.807, 2.05) is 0 Å². The minimum Gasteiger partial charge on any atom is -0.547 e. The van der Waals surface area contributed by atoms with E-state index in [2.05, 4.69) is 0 Å². The Balaban J connectivity index is 0.000000980. The molecule has 2 aliphatic heterocycles. The molecule has 0 aliphatic carbocycles. The van der Waals surface area contributed by atoms with E-state index in [0.717, 1.165) is 0 Å². The third-order valence-electron chi connectivity index (χ3n) is 2.28. The summed E-state index contributed by atoms with van der Waals surface area (Å²) in [6.07, 6.45) is 1.43. The summed E-state index contributed by atoms with van der Waals surface area (Å²) in [5, 5.41) is 10.7. The molecule has 0 bridgehead atoms. The van der Waals surface area contributed by atoms with Gasteiger partial charge in [0.2, 0.25) is 5.91 Å². The summed E-state index contributed by atoms with van der Waals surface area (Å²) in [4.78, 5) is 22.9. The van der Waals surface area contributed by atoms with Gasteiger partial charge in [0.15, 0.2) is 6.23 Å². The molecule has 1 amide bonds. The van der Waals surface area contributed by atoms with Crippen LogP contribution in [-0.2, 0) is 14.3 Å². The molecule has 2 aliphatic rings. The Morgan fingerprint density at radius 1 is 1.71 bits per heavy atom. The summed E-state index contributed by atoms with van der Waals surface area (Å²) in [7, 11) is 0. The largest absolute Gasteiger partial charge is 1.00 e. The molecule has 2 atom stereocenters. The number of carbonyl (C=O) groups is 2. The van der Waals surface area contributed by atoms with Crippen molar-refractivity contribution in [3.63, 3.8) is 0 Å². The third-order valence-corrected chi connectivity index (χ3v) is 2.28. The first-order valence-electron chi connectivity index (χ1n) is 4.00. The average Bonchev–Trinajstić information content (AvgIpc) is 2.37. The Labute approximate surface area is 103 Å². The van der Waals surface area contributed by atoms with Crippen LogP contribution in [0.4, 0.5) is 0 Å². The van der Waals surface area contributed by atoms with E-state index in [0.29, 0.717) is 5.76 Å². The van der Waals surface area contributed by atoms with Gasteiger partial charge in [-0.3, -0.25) is 9.69 Å². The Hall–Kier alpha value is -0.520. The van der Waals surface area contributed by atoms with Crippen LogP contribution < -0.4 is 34.7 Å². The van der Waals surface area contributed by atoms with Crippen molar-refractivity contribution in [2.24, 2.45) is 0 Å². The number of β-lactam (4-membered cyclic amide) rings is 1. The molecule has 70 valence electrons. The number of aliphatic carboxylic acids is 1. The molecule has 6 heteroatoms. The first kappa shape index (κ1) is 11.6. The van der Waals surface area contributed by atoms with Gasteiger partial charge in [0, 0.05) is 0 Å². The number of carbonyl (C=O) groups excluding carboxylic acids is 2. The van der Waals surface area contributed by atoms with Crippen molar-refractivity contribution >= 4 is 11.9 Å². The van der Waals surface area contributed by atoms with Crippen LogP contribution in [0.3, 0.4) is 0 Å². The molecule has 0 spiro atoms. The van der Waals surface area contributed by atoms with Crippen molar-refractivity contribution in [3.8, 4) is 0 Å². The molecule has 0 N–H and O–H groups in total. The van der Waals surface area contributed by atoms with Crippen molar-refractivity contribution in [2.45, 2.75) is 25.6 Å². The van der Waals surface area contributed by atoms with E-state index in [1.165, 1.54) is 4.90 Å². The Bertz CT molecular complexity index is 314. The zero-order valence-electron chi connectivity index (χ0n) is 8.02. The maximum absolute atomic E-state index is 11.0. The second-order valence-electron chi connectivity index (χ2n) is 2.99. The first-order valence-corrected chi connectivity index (χ1v) is 4.00. The van der Waals surface area contributed by atoms with Gasteiger partial charge in [-0.05, 0) is 13.0 Å². The van der Waals surface area contributed by atoms with Gasteiger partial charge in [0.1, 0.15) is 11.8 Å². The van der Waals surface area contributed by atoms with Crippen LogP contribution in [0.1, 0.15) is 13.3 Å². The van der Waals surface area contributed by atoms with Gasteiger partial charge in [-0.15, -0.1) is 0 Å². The number of ether oxygens (including phenoxy) is 1. The van der Waals surface area contributed by atoms with Crippen LogP contribution in [0.5, 0.6) is 0 Å². The zero-order valence-corrected chi connectivity index (χ0v) is 10.0. The monoisotopic (exact) mass is 205 g/mol. The van der Waals surface area contributed by atoms with Gasteiger partial charge < -0.3 is 14.6 Å². The number of allylic oxidation sites excluding steroid dienone is 1.